The first-order chi connectivity index (χ1) is 11.9. The van der Waals surface area contributed by atoms with Gasteiger partial charge in [0.2, 0.25) is 0 Å². The predicted molar refractivity (Wildman–Crippen MR) is 104 cm³/mol. The molecular formula is C20H33BrO3. The lowest BCUT2D eigenvalue weighted by Crippen LogP contribution is -2.11. The molecule has 0 saturated heterocycles. The van der Waals surface area contributed by atoms with E-state index in [0.29, 0.717) is 26.4 Å². The minimum absolute atomic E-state index is 0.579. The van der Waals surface area contributed by atoms with Crippen LogP contribution >= 0.6 is 15.9 Å². The molecular weight excluding hydrogens is 368 g/mol. The van der Waals surface area contributed by atoms with E-state index < -0.39 is 0 Å². The molecule has 3 nitrogen and oxygen atoms in total. The van der Waals surface area contributed by atoms with Crippen molar-refractivity contribution in [3.05, 3.63) is 29.8 Å². The van der Waals surface area contributed by atoms with Gasteiger partial charge >= 0.3 is 0 Å². The van der Waals surface area contributed by atoms with Gasteiger partial charge in [0.25, 0.3) is 0 Å². The molecule has 1 aromatic carbocycles. The highest BCUT2D eigenvalue weighted by Crippen LogP contribution is 2.15. The van der Waals surface area contributed by atoms with E-state index in [2.05, 4.69) is 47.1 Å². The van der Waals surface area contributed by atoms with Gasteiger partial charge < -0.3 is 14.2 Å². The van der Waals surface area contributed by atoms with Crippen LogP contribution in [-0.4, -0.2) is 38.4 Å². The zero-order chi connectivity index (χ0) is 17.3. The lowest BCUT2D eigenvalue weighted by Gasteiger charge is -2.08. The second-order valence-corrected chi connectivity index (χ2v) is 6.72. The summed E-state index contributed by atoms with van der Waals surface area (Å²) in [7, 11) is 0. The summed E-state index contributed by atoms with van der Waals surface area (Å²) < 4.78 is 16.4. The van der Waals surface area contributed by atoms with Gasteiger partial charge in [-0.1, -0.05) is 67.1 Å². The quantitative estimate of drug-likeness (QED) is 0.274. The molecule has 0 aromatic heterocycles. The van der Waals surface area contributed by atoms with Crippen LogP contribution in [0, 0.1) is 0 Å². The summed E-state index contributed by atoms with van der Waals surface area (Å²) in [6, 6.07) is 8.48. The fourth-order valence-corrected chi connectivity index (χ4v) is 2.69. The molecule has 0 aliphatic heterocycles. The van der Waals surface area contributed by atoms with Gasteiger partial charge in [0, 0.05) is 5.33 Å². The maximum atomic E-state index is 5.69. The molecule has 0 saturated carbocycles. The van der Waals surface area contributed by atoms with Crippen LogP contribution in [0.5, 0.6) is 5.75 Å². The van der Waals surface area contributed by atoms with Crippen LogP contribution in [0.3, 0.4) is 0 Å². The summed E-state index contributed by atoms with van der Waals surface area (Å²) in [6.07, 6.45) is 9.25. The zero-order valence-corrected chi connectivity index (χ0v) is 16.7. The topological polar surface area (TPSA) is 27.7 Å². The van der Waals surface area contributed by atoms with Gasteiger partial charge in [-0.05, 0) is 30.5 Å². The lowest BCUT2D eigenvalue weighted by atomic mass is 10.0. The van der Waals surface area contributed by atoms with Gasteiger partial charge in [0.05, 0.1) is 26.4 Å². The summed E-state index contributed by atoms with van der Waals surface area (Å²) >= 11 is 3.31. The summed E-state index contributed by atoms with van der Waals surface area (Å²) in [5.74, 6) is 0.917. The Morgan fingerprint density at radius 2 is 1.38 bits per heavy atom. The normalized spacial score (nSPS) is 10.9. The third-order valence-electron chi connectivity index (χ3n) is 3.83. The number of unbranched alkanes of at least 4 members (excludes halogenated alkanes) is 5. The molecule has 0 radical (unpaired) electrons. The third-order valence-corrected chi connectivity index (χ3v) is 4.16. The smallest absolute Gasteiger partial charge is 0.119 e. The van der Waals surface area contributed by atoms with Gasteiger partial charge in [-0.2, -0.15) is 0 Å². The molecule has 138 valence electrons. The third kappa shape index (κ3) is 11.9. The molecule has 0 heterocycles. The lowest BCUT2D eigenvalue weighted by molar-refractivity contribution is 0.0414. The maximum absolute atomic E-state index is 5.69. The molecule has 24 heavy (non-hydrogen) atoms. The first-order valence-electron chi connectivity index (χ1n) is 9.30. The van der Waals surface area contributed by atoms with Crippen LogP contribution in [0.15, 0.2) is 24.3 Å². The molecule has 0 N–H and O–H groups in total. The van der Waals surface area contributed by atoms with Gasteiger partial charge in [0.15, 0.2) is 0 Å². The number of ether oxygens (including phenoxy) is 3. The van der Waals surface area contributed by atoms with Crippen molar-refractivity contribution in [1.82, 2.24) is 0 Å². The van der Waals surface area contributed by atoms with E-state index in [-0.39, 0.29) is 0 Å². The monoisotopic (exact) mass is 400 g/mol. The van der Waals surface area contributed by atoms with Crippen molar-refractivity contribution in [3.8, 4) is 5.75 Å². The first-order valence-corrected chi connectivity index (χ1v) is 10.4. The van der Waals surface area contributed by atoms with Crippen molar-refractivity contribution in [2.45, 2.75) is 51.9 Å². The highest BCUT2D eigenvalue weighted by Gasteiger charge is 1.97. The van der Waals surface area contributed by atoms with Crippen LogP contribution in [0.25, 0.3) is 0 Å². The Balaban J connectivity index is 2.01. The van der Waals surface area contributed by atoms with Crippen molar-refractivity contribution in [3.63, 3.8) is 0 Å². The second-order valence-electron chi connectivity index (χ2n) is 5.92. The Hall–Kier alpha value is -0.580. The molecule has 0 bridgehead atoms. The number of benzene rings is 1. The minimum Gasteiger partial charge on any atom is -0.491 e. The predicted octanol–water partition coefficient (Wildman–Crippen LogP) is 5.40. The fraction of sp³-hybridized carbons (Fsp3) is 0.700. The molecule has 0 aliphatic rings. The Morgan fingerprint density at radius 3 is 2.08 bits per heavy atom. The van der Waals surface area contributed by atoms with Crippen molar-refractivity contribution in [1.29, 1.82) is 0 Å². The average molecular weight is 401 g/mol. The van der Waals surface area contributed by atoms with E-state index in [1.54, 1.807) is 0 Å². The molecule has 0 fully saturated rings. The summed E-state index contributed by atoms with van der Waals surface area (Å²) in [5, 5.41) is 0.866. The minimum atomic E-state index is 0.579. The molecule has 4 heteroatoms. The van der Waals surface area contributed by atoms with Crippen LogP contribution in [0.2, 0.25) is 0 Å². The van der Waals surface area contributed by atoms with Gasteiger partial charge in [-0.25, -0.2) is 0 Å². The molecule has 1 aromatic rings. The van der Waals surface area contributed by atoms with Crippen LogP contribution in [-0.2, 0) is 15.9 Å². The van der Waals surface area contributed by atoms with E-state index in [1.165, 1.54) is 50.5 Å². The standard InChI is InChI=1S/C20H33BrO3/c1-2-3-4-5-6-7-8-19-9-11-20(12-10-19)24-18-17-23-16-15-22-14-13-21/h9-12H,2-8,13-18H2,1H3. The van der Waals surface area contributed by atoms with Crippen LogP contribution < -0.4 is 4.74 Å². The number of hydrogen-bond acceptors (Lipinski definition) is 3. The molecule has 0 unspecified atom stereocenters. The van der Waals surface area contributed by atoms with E-state index in [4.69, 9.17) is 14.2 Å². The van der Waals surface area contributed by atoms with E-state index >= 15 is 0 Å². The molecule has 0 aliphatic carbocycles. The summed E-state index contributed by atoms with van der Waals surface area (Å²) in [6.45, 7) is 5.42. The highest BCUT2D eigenvalue weighted by atomic mass is 79.9. The van der Waals surface area contributed by atoms with Crippen molar-refractivity contribution >= 4 is 15.9 Å². The number of rotatable bonds is 16. The Kier molecular flexibility index (Phi) is 14.2. The number of alkyl halides is 1. The van der Waals surface area contributed by atoms with E-state index in [0.717, 1.165) is 17.7 Å². The zero-order valence-electron chi connectivity index (χ0n) is 15.1. The Labute approximate surface area is 156 Å². The number of halogens is 1. The average Bonchev–Trinajstić information content (AvgIpc) is 2.61. The number of aryl methyl sites for hydroxylation is 1. The fourth-order valence-electron chi connectivity index (χ4n) is 2.46. The largest absolute Gasteiger partial charge is 0.491 e. The van der Waals surface area contributed by atoms with E-state index in [1.807, 2.05) is 0 Å². The molecule has 0 atom stereocenters. The molecule has 0 amide bonds. The first kappa shape index (κ1) is 21.5. The second kappa shape index (κ2) is 15.9. The van der Waals surface area contributed by atoms with E-state index in [9.17, 15) is 0 Å². The Bertz CT molecular complexity index is 381. The van der Waals surface area contributed by atoms with Crippen molar-refractivity contribution in [2.24, 2.45) is 0 Å². The number of hydrogen-bond donors (Lipinski definition) is 0. The van der Waals surface area contributed by atoms with Crippen molar-refractivity contribution in [2.75, 3.05) is 38.4 Å². The Morgan fingerprint density at radius 1 is 0.750 bits per heavy atom. The van der Waals surface area contributed by atoms with Crippen LogP contribution in [0.1, 0.15) is 51.0 Å². The van der Waals surface area contributed by atoms with Gasteiger partial charge in [-0.15, -0.1) is 0 Å². The van der Waals surface area contributed by atoms with Crippen LogP contribution in [0.4, 0.5) is 0 Å². The molecule has 1 rings (SSSR count). The SMILES string of the molecule is CCCCCCCCc1ccc(OCCOCCOCCBr)cc1. The summed E-state index contributed by atoms with van der Waals surface area (Å²) in [5.41, 5.74) is 1.40. The van der Waals surface area contributed by atoms with Gasteiger partial charge in [-0.3, -0.25) is 0 Å². The van der Waals surface area contributed by atoms with Crippen molar-refractivity contribution < 1.29 is 14.2 Å². The van der Waals surface area contributed by atoms with Gasteiger partial charge in [0.1, 0.15) is 12.4 Å². The maximum Gasteiger partial charge on any atom is 0.119 e. The highest BCUT2D eigenvalue weighted by molar-refractivity contribution is 9.09. The summed E-state index contributed by atoms with van der Waals surface area (Å²) in [4.78, 5) is 0. The molecule has 0 spiro atoms.